The molecule has 1 saturated heterocycles. The van der Waals surface area contributed by atoms with Crippen molar-refractivity contribution in [2.24, 2.45) is 0 Å². The number of rotatable bonds is 8. The van der Waals surface area contributed by atoms with Crippen LogP contribution in [0.15, 0.2) is 65.2 Å². The number of benzene rings is 2. The van der Waals surface area contributed by atoms with Gasteiger partial charge in [0.15, 0.2) is 0 Å². The van der Waals surface area contributed by atoms with Crippen molar-refractivity contribution < 1.29 is 17.7 Å². The summed E-state index contributed by atoms with van der Waals surface area (Å²) in [5.74, 6) is 0.866. The van der Waals surface area contributed by atoms with Gasteiger partial charge in [0.05, 0.1) is 5.56 Å². The highest BCUT2D eigenvalue weighted by molar-refractivity contribution is 5.67. The molecule has 0 bridgehead atoms. The van der Waals surface area contributed by atoms with Crippen LogP contribution in [0.1, 0.15) is 34.6 Å². The molecule has 0 aliphatic carbocycles. The fraction of sp³-hybridized carbons (Fsp3) is 0.346. The zero-order valence-electron chi connectivity index (χ0n) is 18.5. The summed E-state index contributed by atoms with van der Waals surface area (Å²) in [4.78, 5) is 4.46. The summed E-state index contributed by atoms with van der Waals surface area (Å²) < 4.78 is 45.1. The zero-order chi connectivity index (χ0) is 23.1. The van der Waals surface area contributed by atoms with Crippen molar-refractivity contribution in [3.8, 4) is 0 Å². The Bertz CT molecular complexity index is 1040. The third-order valence-electron chi connectivity index (χ3n) is 5.90. The van der Waals surface area contributed by atoms with Crippen LogP contribution in [0.2, 0.25) is 0 Å². The second kappa shape index (κ2) is 10.8. The summed E-state index contributed by atoms with van der Waals surface area (Å²) >= 11 is 0. The smallest absolute Gasteiger partial charge is 0.361 e. The number of hydrogen-bond donors (Lipinski definition) is 0. The Morgan fingerprint density at radius 1 is 0.879 bits per heavy atom. The van der Waals surface area contributed by atoms with Crippen molar-refractivity contribution in [2.75, 3.05) is 32.7 Å². The third-order valence-corrected chi connectivity index (χ3v) is 5.90. The molecule has 1 aromatic heterocycles. The van der Waals surface area contributed by atoms with E-state index < -0.39 is 11.7 Å². The average molecular weight is 456 g/mol. The van der Waals surface area contributed by atoms with Crippen molar-refractivity contribution >= 4 is 12.2 Å². The van der Waals surface area contributed by atoms with Crippen LogP contribution >= 0.6 is 0 Å². The predicted molar refractivity (Wildman–Crippen MR) is 123 cm³/mol. The van der Waals surface area contributed by atoms with Gasteiger partial charge in [-0.15, -0.1) is 0 Å². The number of aryl methyl sites for hydroxylation is 1. The fourth-order valence-electron chi connectivity index (χ4n) is 4.09. The first-order valence-electron chi connectivity index (χ1n) is 11.3. The Morgan fingerprint density at radius 2 is 1.58 bits per heavy atom. The molecule has 3 aromatic rings. The van der Waals surface area contributed by atoms with E-state index in [1.54, 1.807) is 12.1 Å². The lowest BCUT2D eigenvalue weighted by atomic mass is 10.1. The molecule has 0 atom stereocenters. The van der Waals surface area contributed by atoms with Gasteiger partial charge in [0, 0.05) is 45.2 Å². The molecular formula is C26H28F3N3O. The number of halogens is 3. The molecule has 4 rings (SSSR count). The summed E-state index contributed by atoms with van der Waals surface area (Å²) in [6, 6.07) is 17.9. The minimum absolute atomic E-state index is 0.334. The number of hydrogen-bond acceptors (Lipinski definition) is 4. The molecule has 1 aliphatic rings. The topological polar surface area (TPSA) is 32.5 Å². The second-order valence-electron chi connectivity index (χ2n) is 8.34. The minimum atomic E-state index is -4.31. The van der Waals surface area contributed by atoms with Crippen LogP contribution in [0.3, 0.4) is 0 Å². The van der Waals surface area contributed by atoms with Gasteiger partial charge in [-0.05, 0) is 36.2 Å². The van der Waals surface area contributed by atoms with E-state index in [0.29, 0.717) is 12.1 Å². The first-order chi connectivity index (χ1) is 16.0. The van der Waals surface area contributed by atoms with Crippen LogP contribution in [-0.4, -0.2) is 47.7 Å². The van der Waals surface area contributed by atoms with Gasteiger partial charge in [0.25, 0.3) is 0 Å². The molecule has 0 radical (unpaired) electrons. The molecule has 0 spiro atoms. The predicted octanol–water partition coefficient (Wildman–Crippen LogP) is 5.61. The Labute approximate surface area is 192 Å². The number of alkyl halides is 3. The van der Waals surface area contributed by atoms with E-state index in [4.69, 9.17) is 4.52 Å². The summed E-state index contributed by atoms with van der Waals surface area (Å²) in [5.41, 5.74) is 1.74. The van der Waals surface area contributed by atoms with E-state index in [1.165, 1.54) is 6.07 Å². The van der Waals surface area contributed by atoms with E-state index in [1.807, 2.05) is 48.6 Å². The average Bonchev–Trinajstić information content (AvgIpc) is 3.27. The van der Waals surface area contributed by atoms with Crippen molar-refractivity contribution in [1.82, 2.24) is 15.0 Å². The summed E-state index contributed by atoms with van der Waals surface area (Å²) in [6.45, 7) is 4.51. The van der Waals surface area contributed by atoms with Crippen LogP contribution < -0.4 is 0 Å². The largest absolute Gasteiger partial charge is 0.416 e. The molecule has 0 N–H and O–H groups in total. The molecule has 2 heterocycles. The van der Waals surface area contributed by atoms with Crippen molar-refractivity contribution in [3.63, 3.8) is 0 Å². The van der Waals surface area contributed by atoms with Gasteiger partial charge in [0.1, 0.15) is 11.5 Å². The molecule has 0 amide bonds. The zero-order valence-corrected chi connectivity index (χ0v) is 18.5. The molecule has 0 unspecified atom stereocenters. The molecule has 7 heteroatoms. The van der Waals surface area contributed by atoms with E-state index in [9.17, 15) is 13.2 Å². The maximum atomic E-state index is 13.2. The van der Waals surface area contributed by atoms with Gasteiger partial charge in [-0.2, -0.15) is 13.2 Å². The van der Waals surface area contributed by atoms with Gasteiger partial charge < -0.3 is 9.42 Å². The highest BCUT2D eigenvalue weighted by atomic mass is 19.4. The lowest BCUT2D eigenvalue weighted by Gasteiger charge is -2.35. The Balaban J connectivity index is 1.19. The fourth-order valence-corrected chi connectivity index (χ4v) is 4.09. The monoisotopic (exact) mass is 455 g/mol. The van der Waals surface area contributed by atoms with Crippen LogP contribution in [0, 0.1) is 0 Å². The molecule has 1 fully saturated rings. The normalized spacial score (nSPS) is 16.0. The maximum Gasteiger partial charge on any atom is 0.416 e. The summed E-state index contributed by atoms with van der Waals surface area (Å²) in [5, 5.41) is 4.11. The van der Waals surface area contributed by atoms with Gasteiger partial charge in [0.2, 0.25) is 0 Å². The number of nitrogens with zero attached hydrogens (tertiary/aromatic N) is 3. The Morgan fingerprint density at radius 3 is 2.33 bits per heavy atom. The first kappa shape index (κ1) is 23.3. The van der Waals surface area contributed by atoms with E-state index in [2.05, 4.69) is 15.0 Å². The highest BCUT2D eigenvalue weighted by Crippen LogP contribution is 2.32. The van der Waals surface area contributed by atoms with Gasteiger partial charge in [-0.25, -0.2) is 0 Å². The molecule has 2 aromatic carbocycles. The van der Waals surface area contributed by atoms with Gasteiger partial charge in [-0.3, -0.25) is 4.90 Å². The molecule has 1 aliphatic heterocycles. The van der Waals surface area contributed by atoms with Gasteiger partial charge in [-0.1, -0.05) is 59.8 Å². The van der Waals surface area contributed by atoms with E-state index in [-0.39, 0.29) is 0 Å². The molecule has 33 heavy (non-hydrogen) atoms. The van der Waals surface area contributed by atoms with Gasteiger partial charge >= 0.3 is 6.18 Å². The standard InChI is InChI=1S/C26H28F3N3O/c27-26(28,29)25-11-5-4-9-22(25)20-32-17-15-31(16-18-32)14-6-10-24-19-23(30-33-24)13-12-21-7-2-1-3-8-21/h1-5,7-9,11-13,19H,6,10,14-18,20H2. The van der Waals surface area contributed by atoms with Crippen LogP contribution in [-0.2, 0) is 19.1 Å². The number of aromatic nitrogens is 1. The second-order valence-corrected chi connectivity index (χ2v) is 8.34. The van der Waals surface area contributed by atoms with E-state index in [0.717, 1.165) is 68.6 Å². The van der Waals surface area contributed by atoms with Crippen LogP contribution in [0.5, 0.6) is 0 Å². The lowest BCUT2D eigenvalue weighted by molar-refractivity contribution is -0.138. The van der Waals surface area contributed by atoms with Crippen molar-refractivity contribution in [2.45, 2.75) is 25.6 Å². The van der Waals surface area contributed by atoms with Crippen LogP contribution in [0.25, 0.3) is 12.2 Å². The van der Waals surface area contributed by atoms with E-state index >= 15 is 0 Å². The molecule has 0 saturated carbocycles. The lowest BCUT2D eigenvalue weighted by Crippen LogP contribution is -2.46. The molecule has 4 nitrogen and oxygen atoms in total. The minimum Gasteiger partial charge on any atom is -0.361 e. The summed E-state index contributed by atoms with van der Waals surface area (Å²) in [7, 11) is 0. The maximum absolute atomic E-state index is 13.2. The van der Waals surface area contributed by atoms with Crippen LogP contribution in [0.4, 0.5) is 13.2 Å². The third kappa shape index (κ3) is 6.79. The number of piperazine rings is 1. The van der Waals surface area contributed by atoms with Crippen molar-refractivity contribution in [3.05, 3.63) is 88.8 Å². The molecule has 174 valence electrons. The SMILES string of the molecule is FC(F)(F)c1ccccc1CN1CCN(CCCc2cc(C=Cc3ccccc3)no2)CC1. The highest BCUT2D eigenvalue weighted by Gasteiger charge is 2.33. The Kier molecular flexibility index (Phi) is 7.62. The Hall–Kier alpha value is -2.90. The summed E-state index contributed by atoms with van der Waals surface area (Å²) in [6.07, 6.45) is 1.41. The quantitative estimate of drug-likeness (QED) is 0.442. The molecular weight excluding hydrogens is 427 g/mol. The first-order valence-corrected chi connectivity index (χ1v) is 11.3. The van der Waals surface area contributed by atoms with Crippen molar-refractivity contribution in [1.29, 1.82) is 0 Å².